The summed E-state index contributed by atoms with van der Waals surface area (Å²) >= 11 is 6.11. The van der Waals surface area contributed by atoms with E-state index in [-0.39, 0.29) is 5.91 Å². The number of nitrogens with zero attached hydrogens (tertiary/aromatic N) is 5. The Morgan fingerprint density at radius 2 is 2.00 bits per heavy atom. The van der Waals surface area contributed by atoms with E-state index in [1.807, 2.05) is 24.9 Å². The Bertz CT molecular complexity index is 1100. The number of amides is 1. The van der Waals surface area contributed by atoms with Gasteiger partial charge >= 0.3 is 0 Å². The second-order valence-corrected chi connectivity index (χ2v) is 9.31. The number of allylic oxidation sites excluding steroid dienone is 1. The summed E-state index contributed by atoms with van der Waals surface area (Å²) in [6, 6.07) is 5.59. The Hall–Kier alpha value is -2.88. The molecular formula is C24H32ClN7O2. The molecule has 10 heteroatoms. The van der Waals surface area contributed by atoms with Crippen molar-refractivity contribution in [2.24, 2.45) is 0 Å². The maximum Gasteiger partial charge on any atom is 0.257 e. The molecule has 2 aliphatic rings. The molecule has 1 fully saturated rings. The van der Waals surface area contributed by atoms with E-state index in [0.717, 1.165) is 49.7 Å². The maximum atomic E-state index is 12.7. The van der Waals surface area contributed by atoms with Gasteiger partial charge in [-0.2, -0.15) is 4.98 Å². The zero-order valence-corrected chi connectivity index (χ0v) is 21.1. The fraction of sp³-hybridized carbons (Fsp3) is 0.458. The van der Waals surface area contributed by atoms with Gasteiger partial charge in [0, 0.05) is 50.7 Å². The molecule has 2 aromatic rings. The van der Waals surface area contributed by atoms with Crippen molar-refractivity contribution in [2.45, 2.75) is 26.3 Å². The Labute approximate surface area is 205 Å². The SMILES string of the molecule is CO/C(CC(C)N1CCN(C)CC1)=C(/C)Nc1ncc2c(n1)N(C)c1ccc(Cl)cc1C(=O)N2. The number of methoxy groups -OCH3 is 1. The topological polar surface area (TPSA) is 85.9 Å². The summed E-state index contributed by atoms with van der Waals surface area (Å²) in [7, 11) is 5.72. The first kappa shape index (κ1) is 24.3. The average Bonchev–Trinajstić information content (AvgIpc) is 2.92. The number of fused-ring (bicyclic) bond motifs is 2. The number of piperazine rings is 1. The van der Waals surface area contributed by atoms with Crippen LogP contribution in [0.3, 0.4) is 0 Å². The zero-order valence-electron chi connectivity index (χ0n) is 20.4. The number of hydrogen-bond donors (Lipinski definition) is 2. The summed E-state index contributed by atoms with van der Waals surface area (Å²) in [6.07, 6.45) is 2.40. The van der Waals surface area contributed by atoms with Crippen LogP contribution in [0.5, 0.6) is 0 Å². The van der Waals surface area contributed by atoms with Crippen LogP contribution in [0.2, 0.25) is 5.02 Å². The number of nitrogens with one attached hydrogen (secondary N) is 2. The molecule has 2 N–H and O–H groups in total. The van der Waals surface area contributed by atoms with Crippen molar-refractivity contribution in [3.63, 3.8) is 0 Å². The molecule has 4 rings (SSSR count). The van der Waals surface area contributed by atoms with E-state index in [9.17, 15) is 4.79 Å². The quantitative estimate of drug-likeness (QED) is 0.598. The van der Waals surface area contributed by atoms with Gasteiger partial charge < -0.3 is 25.2 Å². The molecule has 1 saturated heterocycles. The number of halogens is 1. The van der Waals surface area contributed by atoms with Crippen LogP contribution in [0.1, 0.15) is 30.6 Å². The van der Waals surface area contributed by atoms with Crippen LogP contribution in [0.15, 0.2) is 35.9 Å². The molecule has 0 radical (unpaired) electrons. The van der Waals surface area contributed by atoms with E-state index < -0.39 is 0 Å². The molecule has 1 atom stereocenters. The van der Waals surface area contributed by atoms with E-state index in [2.05, 4.69) is 39.4 Å². The molecule has 0 spiro atoms. The van der Waals surface area contributed by atoms with E-state index in [4.69, 9.17) is 21.3 Å². The van der Waals surface area contributed by atoms with E-state index in [0.29, 0.717) is 34.1 Å². The maximum absolute atomic E-state index is 12.7. The highest BCUT2D eigenvalue weighted by molar-refractivity contribution is 6.31. The fourth-order valence-electron chi connectivity index (χ4n) is 4.35. The number of carbonyl (C=O) groups excluding carboxylic acids is 1. The number of ether oxygens (including phenoxy) is 1. The number of aromatic nitrogens is 2. The van der Waals surface area contributed by atoms with Gasteiger partial charge in [-0.05, 0) is 39.1 Å². The van der Waals surface area contributed by atoms with E-state index in [1.165, 1.54) is 0 Å². The Balaban J connectivity index is 1.54. The average molecular weight is 486 g/mol. The molecule has 9 nitrogen and oxygen atoms in total. The molecule has 0 saturated carbocycles. The molecule has 0 bridgehead atoms. The van der Waals surface area contributed by atoms with Crippen LogP contribution in [0, 0.1) is 0 Å². The van der Waals surface area contributed by atoms with Crippen molar-refractivity contribution >= 4 is 40.6 Å². The van der Waals surface area contributed by atoms with Crippen LogP contribution in [-0.4, -0.2) is 79.1 Å². The third-order valence-corrected chi connectivity index (χ3v) is 6.74. The van der Waals surface area contributed by atoms with Crippen LogP contribution < -0.4 is 15.5 Å². The number of rotatable bonds is 6. The first-order chi connectivity index (χ1) is 16.3. The summed E-state index contributed by atoms with van der Waals surface area (Å²) < 4.78 is 5.74. The molecule has 3 heterocycles. The van der Waals surface area contributed by atoms with Crippen LogP contribution in [0.25, 0.3) is 0 Å². The third-order valence-electron chi connectivity index (χ3n) is 6.51. The highest BCUT2D eigenvalue weighted by Crippen LogP contribution is 2.36. The number of anilines is 4. The first-order valence-electron chi connectivity index (χ1n) is 11.4. The minimum atomic E-state index is -0.247. The molecule has 34 heavy (non-hydrogen) atoms. The van der Waals surface area contributed by atoms with Gasteiger partial charge in [-0.15, -0.1) is 0 Å². The van der Waals surface area contributed by atoms with Crippen molar-refractivity contribution in [3.05, 3.63) is 46.4 Å². The Morgan fingerprint density at radius 3 is 2.71 bits per heavy atom. The van der Waals surface area contributed by atoms with Gasteiger partial charge in [0.1, 0.15) is 11.4 Å². The Morgan fingerprint density at radius 1 is 1.26 bits per heavy atom. The van der Waals surface area contributed by atoms with Gasteiger partial charge in [-0.3, -0.25) is 9.69 Å². The summed E-state index contributed by atoms with van der Waals surface area (Å²) in [4.78, 5) is 28.5. The number of carbonyl (C=O) groups is 1. The summed E-state index contributed by atoms with van der Waals surface area (Å²) in [5.41, 5.74) is 2.59. The van der Waals surface area contributed by atoms with Crippen LogP contribution >= 0.6 is 11.6 Å². The number of likely N-dealkylation sites (N-methyl/N-ethyl adjacent to an activating group) is 1. The van der Waals surface area contributed by atoms with Crippen molar-refractivity contribution in [1.82, 2.24) is 19.8 Å². The first-order valence-corrected chi connectivity index (χ1v) is 11.8. The van der Waals surface area contributed by atoms with Gasteiger partial charge in [0.2, 0.25) is 5.95 Å². The van der Waals surface area contributed by atoms with E-state index in [1.54, 1.807) is 25.4 Å². The lowest BCUT2D eigenvalue weighted by Gasteiger charge is -2.36. The van der Waals surface area contributed by atoms with Gasteiger partial charge in [0.25, 0.3) is 5.91 Å². The molecule has 1 amide bonds. The monoisotopic (exact) mass is 485 g/mol. The highest BCUT2D eigenvalue weighted by atomic mass is 35.5. The minimum absolute atomic E-state index is 0.247. The van der Waals surface area contributed by atoms with Crippen molar-refractivity contribution in [1.29, 1.82) is 0 Å². The van der Waals surface area contributed by atoms with E-state index >= 15 is 0 Å². The smallest absolute Gasteiger partial charge is 0.257 e. The van der Waals surface area contributed by atoms with Gasteiger partial charge in [-0.1, -0.05) is 11.6 Å². The third kappa shape index (κ3) is 5.11. The molecule has 182 valence electrons. The summed E-state index contributed by atoms with van der Waals surface area (Å²) in [5.74, 6) is 1.63. The van der Waals surface area contributed by atoms with Gasteiger partial charge in [0.15, 0.2) is 5.82 Å². The number of benzene rings is 1. The second-order valence-electron chi connectivity index (χ2n) is 8.88. The molecule has 2 aliphatic heterocycles. The lowest BCUT2D eigenvalue weighted by Crippen LogP contribution is -2.48. The predicted molar refractivity (Wildman–Crippen MR) is 136 cm³/mol. The largest absolute Gasteiger partial charge is 0.499 e. The molecule has 0 aliphatic carbocycles. The minimum Gasteiger partial charge on any atom is -0.499 e. The van der Waals surface area contributed by atoms with Crippen molar-refractivity contribution in [2.75, 3.05) is 62.9 Å². The fourth-order valence-corrected chi connectivity index (χ4v) is 4.52. The highest BCUT2D eigenvalue weighted by Gasteiger charge is 2.26. The lowest BCUT2D eigenvalue weighted by molar-refractivity contribution is 0.102. The predicted octanol–water partition coefficient (Wildman–Crippen LogP) is 3.78. The van der Waals surface area contributed by atoms with Crippen LogP contribution in [0.4, 0.5) is 23.1 Å². The van der Waals surface area contributed by atoms with Gasteiger partial charge in [0.05, 0.1) is 30.3 Å². The normalized spacial score (nSPS) is 18.3. The summed E-state index contributed by atoms with van der Waals surface area (Å²) in [5, 5.41) is 6.67. The summed E-state index contributed by atoms with van der Waals surface area (Å²) in [6.45, 7) is 8.47. The zero-order chi connectivity index (χ0) is 24.4. The molecule has 1 aromatic heterocycles. The standard InChI is InChI=1S/C24H32ClN7O2/c1-15(32-10-8-30(3)9-11-32)12-21(34-5)16(2)27-24-26-14-19-22(29-24)31(4)20-7-6-17(25)13-18(20)23(33)28-19/h6-7,13-15H,8-12H2,1-5H3,(H,28,33)(H,26,27,29)/b21-16-. The van der Waals surface area contributed by atoms with Crippen molar-refractivity contribution in [3.8, 4) is 0 Å². The van der Waals surface area contributed by atoms with Crippen LogP contribution in [-0.2, 0) is 4.74 Å². The lowest BCUT2D eigenvalue weighted by atomic mass is 10.1. The molecule has 1 unspecified atom stereocenters. The Kier molecular flexibility index (Phi) is 7.25. The number of hydrogen-bond acceptors (Lipinski definition) is 8. The molecular weight excluding hydrogens is 454 g/mol. The second kappa shape index (κ2) is 10.2. The van der Waals surface area contributed by atoms with Crippen molar-refractivity contribution < 1.29 is 9.53 Å². The molecule has 1 aromatic carbocycles. The van der Waals surface area contributed by atoms with Gasteiger partial charge in [-0.25, -0.2) is 4.98 Å².